The molecule has 0 aromatic heterocycles. The lowest BCUT2D eigenvalue weighted by atomic mass is 9.94. The van der Waals surface area contributed by atoms with Crippen LogP contribution in [0.25, 0.3) is 0 Å². The summed E-state index contributed by atoms with van der Waals surface area (Å²) < 4.78 is 5.43. The summed E-state index contributed by atoms with van der Waals surface area (Å²) >= 11 is 6.13. The standard InChI is InChI=1S/C17H25ClN2O2/c1-2-22-13-12-20(14-8-4-3-5-9-14)17(21)19-16-11-7-6-10-15(16)18/h6-7,10-11,14H,2-5,8-9,12-13H2,1H3,(H,19,21). The fourth-order valence-electron chi connectivity index (χ4n) is 2.90. The van der Waals surface area contributed by atoms with E-state index in [4.69, 9.17) is 16.3 Å². The van der Waals surface area contributed by atoms with Gasteiger partial charge in [0.2, 0.25) is 0 Å². The number of rotatable bonds is 6. The number of benzene rings is 1. The van der Waals surface area contributed by atoms with E-state index in [-0.39, 0.29) is 6.03 Å². The van der Waals surface area contributed by atoms with Gasteiger partial charge in [-0.05, 0) is 31.9 Å². The average Bonchev–Trinajstić information content (AvgIpc) is 2.54. The fraction of sp³-hybridized carbons (Fsp3) is 0.588. The van der Waals surface area contributed by atoms with E-state index in [2.05, 4.69) is 5.32 Å². The van der Waals surface area contributed by atoms with Gasteiger partial charge < -0.3 is 15.0 Å². The van der Waals surface area contributed by atoms with Gasteiger partial charge in [0.1, 0.15) is 0 Å². The molecule has 0 radical (unpaired) electrons. The van der Waals surface area contributed by atoms with Gasteiger partial charge >= 0.3 is 6.03 Å². The molecule has 1 aromatic carbocycles. The molecule has 1 N–H and O–H groups in total. The lowest BCUT2D eigenvalue weighted by Gasteiger charge is -2.34. The Morgan fingerprint density at radius 2 is 2.05 bits per heavy atom. The van der Waals surface area contributed by atoms with Crippen LogP contribution in [0.2, 0.25) is 5.02 Å². The molecule has 22 heavy (non-hydrogen) atoms. The van der Waals surface area contributed by atoms with Crippen molar-refractivity contribution in [3.63, 3.8) is 0 Å². The third-order valence-electron chi connectivity index (χ3n) is 4.07. The summed E-state index contributed by atoms with van der Waals surface area (Å²) in [6.45, 7) is 3.83. The van der Waals surface area contributed by atoms with Crippen LogP contribution in [0.5, 0.6) is 0 Å². The van der Waals surface area contributed by atoms with Gasteiger partial charge in [-0.2, -0.15) is 0 Å². The lowest BCUT2D eigenvalue weighted by molar-refractivity contribution is 0.100. The lowest BCUT2D eigenvalue weighted by Crippen LogP contribution is -2.45. The number of nitrogens with zero attached hydrogens (tertiary/aromatic N) is 1. The number of amides is 2. The van der Waals surface area contributed by atoms with Crippen molar-refractivity contribution in [3.8, 4) is 0 Å². The number of para-hydroxylation sites is 1. The van der Waals surface area contributed by atoms with Crippen molar-refractivity contribution >= 4 is 23.3 Å². The number of anilines is 1. The van der Waals surface area contributed by atoms with Crippen molar-refractivity contribution in [1.82, 2.24) is 4.90 Å². The molecule has 2 rings (SSSR count). The molecule has 1 aliphatic carbocycles. The molecule has 0 aliphatic heterocycles. The van der Waals surface area contributed by atoms with Gasteiger partial charge in [0, 0.05) is 19.2 Å². The Hall–Kier alpha value is -1.26. The van der Waals surface area contributed by atoms with Crippen molar-refractivity contribution in [2.24, 2.45) is 0 Å². The van der Waals surface area contributed by atoms with Crippen LogP contribution < -0.4 is 5.32 Å². The van der Waals surface area contributed by atoms with E-state index < -0.39 is 0 Å². The number of hydrogen-bond donors (Lipinski definition) is 1. The highest BCUT2D eigenvalue weighted by atomic mass is 35.5. The highest BCUT2D eigenvalue weighted by molar-refractivity contribution is 6.33. The number of nitrogens with one attached hydrogen (secondary N) is 1. The molecule has 0 heterocycles. The van der Waals surface area contributed by atoms with E-state index in [1.54, 1.807) is 6.07 Å². The number of halogens is 1. The van der Waals surface area contributed by atoms with Crippen LogP contribution in [-0.2, 0) is 4.74 Å². The van der Waals surface area contributed by atoms with E-state index >= 15 is 0 Å². The minimum atomic E-state index is -0.0836. The van der Waals surface area contributed by atoms with Gasteiger partial charge in [-0.1, -0.05) is 43.0 Å². The van der Waals surface area contributed by atoms with E-state index in [1.165, 1.54) is 19.3 Å². The minimum absolute atomic E-state index is 0.0836. The van der Waals surface area contributed by atoms with Crippen molar-refractivity contribution in [2.75, 3.05) is 25.1 Å². The van der Waals surface area contributed by atoms with E-state index in [0.29, 0.717) is 36.5 Å². The van der Waals surface area contributed by atoms with Gasteiger partial charge in [0.05, 0.1) is 17.3 Å². The molecule has 4 nitrogen and oxygen atoms in total. The summed E-state index contributed by atoms with van der Waals surface area (Å²) in [5.74, 6) is 0. The molecular weight excluding hydrogens is 300 g/mol. The first-order valence-electron chi connectivity index (χ1n) is 8.12. The molecule has 0 saturated heterocycles. The third-order valence-corrected chi connectivity index (χ3v) is 4.40. The van der Waals surface area contributed by atoms with Gasteiger partial charge in [0.25, 0.3) is 0 Å². The van der Waals surface area contributed by atoms with Crippen LogP contribution in [0.3, 0.4) is 0 Å². The first-order chi connectivity index (χ1) is 10.7. The zero-order valence-corrected chi connectivity index (χ0v) is 13.9. The molecule has 0 atom stereocenters. The van der Waals surface area contributed by atoms with Gasteiger partial charge in [0.15, 0.2) is 0 Å². The Kier molecular flexibility index (Phi) is 7.00. The summed E-state index contributed by atoms with van der Waals surface area (Å²) in [6.07, 6.45) is 5.79. The predicted molar refractivity (Wildman–Crippen MR) is 90.5 cm³/mol. The molecule has 122 valence electrons. The number of carbonyl (C=O) groups excluding carboxylic acids is 1. The zero-order chi connectivity index (χ0) is 15.8. The van der Waals surface area contributed by atoms with Gasteiger partial charge in [-0.3, -0.25) is 0 Å². The highest BCUT2D eigenvalue weighted by Gasteiger charge is 2.25. The molecular formula is C17H25ClN2O2. The van der Waals surface area contributed by atoms with Crippen LogP contribution in [0, 0.1) is 0 Å². The largest absolute Gasteiger partial charge is 0.380 e. The predicted octanol–water partition coefficient (Wildman–Crippen LogP) is 4.54. The van der Waals surface area contributed by atoms with Gasteiger partial charge in [-0.15, -0.1) is 0 Å². The summed E-state index contributed by atoms with van der Waals surface area (Å²) in [5.41, 5.74) is 0.659. The third kappa shape index (κ3) is 4.89. The van der Waals surface area contributed by atoms with Gasteiger partial charge in [-0.25, -0.2) is 4.79 Å². The second-order valence-electron chi connectivity index (χ2n) is 5.59. The molecule has 2 amide bonds. The molecule has 5 heteroatoms. The summed E-state index contributed by atoms with van der Waals surface area (Å²) in [7, 11) is 0. The first-order valence-corrected chi connectivity index (χ1v) is 8.50. The Labute approximate surface area is 137 Å². The van der Waals surface area contributed by atoms with Crippen LogP contribution in [0.4, 0.5) is 10.5 Å². The van der Waals surface area contributed by atoms with Crippen molar-refractivity contribution in [2.45, 2.75) is 45.1 Å². The monoisotopic (exact) mass is 324 g/mol. The molecule has 0 unspecified atom stereocenters. The van der Waals surface area contributed by atoms with Crippen LogP contribution in [0.15, 0.2) is 24.3 Å². The maximum absolute atomic E-state index is 12.7. The highest BCUT2D eigenvalue weighted by Crippen LogP contribution is 2.25. The normalized spacial score (nSPS) is 15.5. The second-order valence-corrected chi connectivity index (χ2v) is 6.00. The Bertz CT molecular complexity index is 475. The van der Waals surface area contributed by atoms with E-state index in [1.807, 2.05) is 30.0 Å². The summed E-state index contributed by atoms with van der Waals surface area (Å²) in [4.78, 5) is 14.6. The maximum Gasteiger partial charge on any atom is 0.322 e. The average molecular weight is 325 g/mol. The SMILES string of the molecule is CCOCCN(C(=O)Nc1ccccc1Cl)C1CCCCC1. The maximum atomic E-state index is 12.7. The Balaban J connectivity index is 2.02. The summed E-state index contributed by atoms with van der Waals surface area (Å²) in [5, 5.41) is 3.49. The topological polar surface area (TPSA) is 41.6 Å². The second kappa shape index (κ2) is 9.01. The minimum Gasteiger partial charge on any atom is -0.380 e. The number of ether oxygens (including phenoxy) is 1. The molecule has 1 aromatic rings. The molecule has 1 aliphatic rings. The first kappa shape index (κ1) is 17.1. The van der Waals surface area contributed by atoms with Crippen molar-refractivity contribution in [3.05, 3.63) is 29.3 Å². The zero-order valence-electron chi connectivity index (χ0n) is 13.2. The quantitative estimate of drug-likeness (QED) is 0.780. The number of urea groups is 1. The van der Waals surface area contributed by atoms with E-state index in [9.17, 15) is 4.79 Å². The Morgan fingerprint density at radius 3 is 2.73 bits per heavy atom. The fourth-order valence-corrected chi connectivity index (χ4v) is 3.08. The smallest absolute Gasteiger partial charge is 0.322 e. The Morgan fingerprint density at radius 1 is 1.32 bits per heavy atom. The van der Waals surface area contributed by atoms with Crippen LogP contribution >= 0.6 is 11.6 Å². The summed E-state index contributed by atoms with van der Waals surface area (Å²) in [6, 6.07) is 7.54. The van der Waals surface area contributed by atoms with Crippen LogP contribution in [-0.4, -0.2) is 36.7 Å². The molecule has 1 fully saturated rings. The molecule has 0 spiro atoms. The molecule has 0 bridgehead atoms. The number of hydrogen-bond acceptors (Lipinski definition) is 2. The van der Waals surface area contributed by atoms with Crippen molar-refractivity contribution < 1.29 is 9.53 Å². The molecule has 1 saturated carbocycles. The van der Waals surface area contributed by atoms with Crippen LogP contribution in [0.1, 0.15) is 39.0 Å². The van der Waals surface area contributed by atoms with E-state index in [0.717, 1.165) is 12.8 Å². The number of carbonyl (C=O) groups is 1. The van der Waals surface area contributed by atoms with Crippen molar-refractivity contribution in [1.29, 1.82) is 0 Å².